The van der Waals surface area contributed by atoms with Crippen LogP contribution in [0.3, 0.4) is 0 Å². The van der Waals surface area contributed by atoms with Gasteiger partial charge in [-0.2, -0.15) is 0 Å². The van der Waals surface area contributed by atoms with Crippen molar-refractivity contribution in [2.24, 2.45) is 11.3 Å². The van der Waals surface area contributed by atoms with Gasteiger partial charge in [-0.05, 0) is 26.2 Å². The Hall–Kier alpha value is -1.06. The number of hydrogen-bond acceptors (Lipinski definition) is 4. The highest BCUT2D eigenvalue weighted by Gasteiger charge is 2.39. The molecule has 0 aromatic heterocycles. The second-order valence-electron chi connectivity index (χ2n) is 5.81. The Morgan fingerprint density at radius 3 is 2.11 bits per heavy atom. The SMILES string of the molecule is CCCCCCOC(=O)C(C)(C)C(=O)OCC(C)C. The Morgan fingerprint density at radius 2 is 1.58 bits per heavy atom. The second kappa shape index (κ2) is 8.94. The summed E-state index contributed by atoms with van der Waals surface area (Å²) in [6.45, 7) is 9.82. The molecule has 0 unspecified atom stereocenters. The van der Waals surface area contributed by atoms with Crippen molar-refractivity contribution in [3.05, 3.63) is 0 Å². The highest BCUT2D eigenvalue weighted by Crippen LogP contribution is 2.20. The zero-order valence-corrected chi connectivity index (χ0v) is 13.0. The van der Waals surface area contributed by atoms with E-state index in [9.17, 15) is 9.59 Å². The second-order valence-corrected chi connectivity index (χ2v) is 5.81. The largest absolute Gasteiger partial charge is 0.465 e. The van der Waals surface area contributed by atoms with Crippen LogP contribution in [0.2, 0.25) is 0 Å². The van der Waals surface area contributed by atoms with E-state index in [0.717, 1.165) is 25.7 Å². The summed E-state index contributed by atoms with van der Waals surface area (Å²) in [5.74, 6) is -0.762. The van der Waals surface area contributed by atoms with Crippen LogP contribution in [0.25, 0.3) is 0 Å². The molecule has 0 fully saturated rings. The van der Waals surface area contributed by atoms with E-state index in [1.54, 1.807) is 13.8 Å². The van der Waals surface area contributed by atoms with Gasteiger partial charge in [0, 0.05) is 0 Å². The van der Waals surface area contributed by atoms with Gasteiger partial charge in [-0.1, -0.05) is 40.0 Å². The van der Waals surface area contributed by atoms with Gasteiger partial charge in [0.25, 0.3) is 0 Å². The van der Waals surface area contributed by atoms with Gasteiger partial charge in [0.2, 0.25) is 0 Å². The third kappa shape index (κ3) is 7.19. The average Bonchev–Trinajstić information content (AvgIpc) is 2.35. The zero-order chi connectivity index (χ0) is 14.9. The first-order valence-electron chi connectivity index (χ1n) is 7.16. The predicted molar refractivity (Wildman–Crippen MR) is 74.7 cm³/mol. The van der Waals surface area contributed by atoms with Crippen molar-refractivity contribution in [1.29, 1.82) is 0 Å². The van der Waals surface area contributed by atoms with Gasteiger partial charge in [-0.25, -0.2) is 0 Å². The maximum atomic E-state index is 11.9. The van der Waals surface area contributed by atoms with Crippen LogP contribution >= 0.6 is 0 Å². The van der Waals surface area contributed by atoms with Crippen LogP contribution in [0, 0.1) is 11.3 Å². The van der Waals surface area contributed by atoms with E-state index in [4.69, 9.17) is 9.47 Å². The van der Waals surface area contributed by atoms with Crippen molar-refractivity contribution < 1.29 is 19.1 Å². The molecular weight excluding hydrogens is 244 g/mol. The molecule has 112 valence electrons. The topological polar surface area (TPSA) is 52.6 Å². The molecule has 0 rings (SSSR count). The fourth-order valence-corrected chi connectivity index (χ4v) is 1.38. The van der Waals surface area contributed by atoms with Crippen LogP contribution in [0.1, 0.15) is 60.3 Å². The lowest BCUT2D eigenvalue weighted by Crippen LogP contribution is -2.37. The van der Waals surface area contributed by atoms with Crippen molar-refractivity contribution in [2.45, 2.75) is 60.3 Å². The lowest BCUT2D eigenvalue weighted by atomic mass is 9.94. The number of unbranched alkanes of at least 4 members (excludes halogenated alkanes) is 3. The molecule has 0 saturated carbocycles. The molecule has 0 aliphatic rings. The molecule has 0 aromatic rings. The lowest BCUT2D eigenvalue weighted by molar-refractivity contribution is -0.170. The summed E-state index contributed by atoms with van der Waals surface area (Å²) in [5.41, 5.74) is -1.22. The minimum Gasteiger partial charge on any atom is -0.465 e. The fourth-order valence-electron chi connectivity index (χ4n) is 1.38. The quantitative estimate of drug-likeness (QED) is 0.367. The Balaban J connectivity index is 4.08. The summed E-state index contributed by atoms with van der Waals surface area (Å²) < 4.78 is 10.2. The van der Waals surface area contributed by atoms with Crippen LogP contribution in [0.15, 0.2) is 0 Å². The fraction of sp³-hybridized carbons (Fsp3) is 0.867. The molecule has 0 radical (unpaired) electrons. The van der Waals surface area contributed by atoms with Gasteiger partial charge in [0.15, 0.2) is 5.41 Å². The summed E-state index contributed by atoms with van der Waals surface area (Å²) in [5, 5.41) is 0. The van der Waals surface area contributed by atoms with Crippen molar-refractivity contribution in [3.63, 3.8) is 0 Å². The number of hydrogen-bond donors (Lipinski definition) is 0. The van der Waals surface area contributed by atoms with E-state index in [1.165, 1.54) is 0 Å². The molecule has 0 heterocycles. The van der Waals surface area contributed by atoms with Crippen LogP contribution in [0.4, 0.5) is 0 Å². The number of ether oxygens (including phenoxy) is 2. The third-order valence-electron chi connectivity index (χ3n) is 2.80. The molecule has 0 spiro atoms. The van der Waals surface area contributed by atoms with Gasteiger partial charge in [-0.15, -0.1) is 0 Å². The molecule has 0 atom stereocenters. The lowest BCUT2D eigenvalue weighted by Gasteiger charge is -2.21. The van der Waals surface area contributed by atoms with Crippen LogP contribution in [0.5, 0.6) is 0 Å². The van der Waals surface area contributed by atoms with Gasteiger partial charge >= 0.3 is 11.9 Å². The number of carbonyl (C=O) groups is 2. The normalized spacial score (nSPS) is 11.5. The summed E-state index contributed by atoms with van der Waals surface area (Å²) in [7, 11) is 0. The molecule has 0 N–H and O–H groups in total. The molecule has 0 aliphatic carbocycles. The maximum Gasteiger partial charge on any atom is 0.322 e. The minimum absolute atomic E-state index is 0.254. The Kier molecular flexibility index (Phi) is 8.44. The number of esters is 2. The summed E-state index contributed by atoms with van der Waals surface area (Å²) in [6, 6.07) is 0. The van der Waals surface area contributed by atoms with Crippen LogP contribution in [-0.4, -0.2) is 25.2 Å². The van der Waals surface area contributed by atoms with Gasteiger partial charge < -0.3 is 9.47 Å². The first-order valence-corrected chi connectivity index (χ1v) is 7.16. The van der Waals surface area contributed by atoms with Crippen molar-refractivity contribution in [1.82, 2.24) is 0 Å². The summed E-state index contributed by atoms with van der Waals surface area (Å²) in [6.07, 6.45) is 4.16. The third-order valence-corrected chi connectivity index (χ3v) is 2.80. The monoisotopic (exact) mass is 272 g/mol. The smallest absolute Gasteiger partial charge is 0.322 e. The van der Waals surface area contributed by atoms with E-state index in [-0.39, 0.29) is 5.92 Å². The van der Waals surface area contributed by atoms with Crippen LogP contribution in [-0.2, 0) is 19.1 Å². The number of rotatable bonds is 9. The Labute approximate surface area is 116 Å². The van der Waals surface area contributed by atoms with Gasteiger partial charge in [0.05, 0.1) is 13.2 Å². The van der Waals surface area contributed by atoms with Crippen molar-refractivity contribution in [2.75, 3.05) is 13.2 Å². The summed E-state index contributed by atoms with van der Waals surface area (Å²) >= 11 is 0. The predicted octanol–water partition coefficient (Wildman–Crippen LogP) is 3.34. The van der Waals surface area contributed by atoms with E-state index in [1.807, 2.05) is 13.8 Å². The molecule has 0 aliphatic heterocycles. The standard InChI is InChI=1S/C15H28O4/c1-6-7-8-9-10-18-13(16)15(4,5)14(17)19-11-12(2)3/h12H,6-11H2,1-5H3. The first-order chi connectivity index (χ1) is 8.82. The maximum absolute atomic E-state index is 11.9. The zero-order valence-electron chi connectivity index (χ0n) is 13.0. The van der Waals surface area contributed by atoms with E-state index in [2.05, 4.69) is 6.92 Å². The molecule has 4 heteroatoms. The molecule has 0 amide bonds. The van der Waals surface area contributed by atoms with Gasteiger partial charge in [-0.3, -0.25) is 9.59 Å². The molecular formula is C15H28O4. The highest BCUT2D eigenvalue weighted by atomic mass is 16.6. The van der Waals surface area contributed by atoms with Crippen molar-refractivity contribution in [3.8, 4) is 0 Å². The number of carbonyl (C=O) groups excluding carboxylic acids is 2. The first kappa shape index (κ1) is 17.9. The molecule has 0 aromatic carbocycles. The van der Waals surface area contributed by atoms with Crippen molar-refractivity contribution >= 4 is 11.9 Å². The molecule has 19 heavy (non-hydrogen) atoms. The van der Waals surface area contributed by atoms with Gasteiger partial charge in [0.1, 0.15) is 0 Å². The van der Waals surface area contributed by atoms with E-state index < -0.39 is 17.4 Å². The molecule has 4 nitrogen and oxygen atoms in total. The average molecular weight is 272 g/mol. The molecule has 0 saturated heterocycles. The molecule has 0 bridgehead atoms. The Morgan fingerprint density at radius 1 is 1.00 bits per heavy atom. The van der Waals surface area contributed by atoms with E-state index >= 15 is 0 Å². The minimum atomic E-state index is -1.22. The Bertz CT molecular complexity index is 282. The summed E-state index contributed by atoms with van der Waals surface area (Å²) in [4.78, 5) is 23.7. The van der Waals surface area contributed by atoms with Crippen LogP contribution < -0.4 is 0 Å². The van der Waals surface area contributed by atoms with E-state index in [0.29, 0.717) is 13.2 Å². The highest BCUT2D eigenvalue weighted by molar-refractivity contribution is 5.99.